The summed E-state index contributed by atoms with van der Waals surface area (Å²) in [5, 5.41) is 0. The Balaban J connectivity index is 0.000000569. The van der Waals surface area contributed by atoms with Crippen molar-refractivity contribution < 1.29 is 109 Å². The summed E-state index contributed by atoms with van der Waals surface area (Å²) in [5.74, 6) is -40.2. The summed E-state index contributed by atoms with van der Waals surface area (Å²) in [6.45, 7) is 0. The largest absolute Gasteiger partial charge is 4.00 e. The van der Waals surface area contributed by atoms with Crippen LogP contribution < -0.4 is 0 Å². The van der Waals surface area contributed by atoms with Gasteiger partial charge in [-0.25, -0.2) is 52.7 Å². The van der Waals surface area contributed by atoms with Crippen molar-refractivity contribution >= 4 is 0 Å². The first-order chi connectivity index (χ1) is 20.1. The summed E-state index contributed by atoms with van der Waals surface area (Å²) < 4.78 is 239. The Morgan fingerprint density at radius 3 is 0.356 bits per heavy atom. The fourth-order valence-electron chi connectivity index (χ4n) is 1.98. The molecule has 0 amide bonds. The smallest absolute Gasteiger partial charge is 0.278 e. The van der Waals surface area contributed by atoms with E-state index in [4.69, 9.17) is 0 Å². The van der Waals surface area contributed by atoms with Crippen LogP contribution in [0.4, 0.5) is 87.8 Å². The maximum Gasteiger partial charge on any atom is 4.00 e. The Bertz CT molecular complexity index is 1320. The maximum absolute atomic E-state index is 12.0. The fourth-order valence-corrected chi connectivity index (χ4v) is 1.98. The van der Waals surface area contributed by atoms with E-state index in [1.54, 1.807) is 0 Å². The molecule has 0 fully saturated rings. The summed E-state index contributed by atoms with van der Waals surface area (Å²) in [5.41, 5.74) is 0. The zero-order chi connectivity index (χ0) is 34.4. The molecule has 0 unspecified atom stereocenters. The van der Waals surface area contributed by atoms with Crippen molar-refractivity contribution in [2.24, 2.45) is 0 Å². The Morgan fingerprint density at radius 2 is 0.267 bits per heavy atom. The number of hydrogen-bond donors (Lipinski definition) is 0. The first-order valence-electron chi connectivity index (χ1n) is 9.78. The SMILES string of the molecule is Fc1[c-]c(F)c(F)c(F)c1F.Fc1[c-]c(F)c(F)c(F)c1F.Fc1[c-]c(F)c(F)c(F)c1F.Fc1[c-]c(F)c(F)c(F)c1F.[Pt+4]. The molecule has 0 radical (unpaired) electrons. The van der Waals surface area contributed by atoms with Gasteiger partial charge in [0.15, 0.2) is 0 Å². The van der Waals surface area contributed by atoms with E-state index in [0.29, 0.717) is 0 Å². The van der Waals surface area contributed by atoms with E-state index in [9.17, 15) is 87.8 Å². The van der Waals surface area contributed by atoms with Crippen LogP contribution in [-0.4, -0.2) is 0 Å². The predicted octanol–water partition coefficient (Wildman–Crippen LogP) is 8.73. The van der Waals surface area contributed by atoms with E-state index in [2.05, 4.69) is 0 Å². The minimum absolute atomic E-state index is 0. The van der Waals surface area contributed by atoms with E-state index in [-0.39, 0.29) is 21.1 Å². The predicted molar refractivity (Wildman–Crippen MR) is 100 cm³/mol. The number of halogens is 20. The van der Waals surface area contributed by atoms with E-state index < -0.39 is 116 Å². The van der Waals surface area contributed by atoms with Gasteiger partial charge in [-0.3, -0.25) is 35.1 Å². The number of hydrogen-bond acceptors (Lipinski definition) is 0. The molecular weight excluding hydrogens is 863 g/mol. The zero-order valence-corrected chi connectivity index (χ0v) is 22.1. The van der Waals surface area contributed by atoms with Crippen molar-refractivity contribution in [3.63, 3.8) is 0 Å². The molecule has 0 saturated carbocycles. The molecule has 0 nitrogen and oxygen atoms in total. The normalized spacial score (nSPS) is 10.0. The van der Waals surface area contributed by atoms with Crippen LogP contribution in [0.25, 0.3) is 0 Å². The van der Waals surface area contributed by atoms with Gasteiger partial charge in [0, 0.05) is 0 Å². The first kappa shape index (κ1) is 41.2. The van der Waals surface area contributed by atoms with Gasteiger partial charge < -0.3 is 0 Å². The maximum atomic E-state index is 12.0. The third-order valence-corrected chi connectivity index (χ3v) is 3.96. The van der Waals surface area contributed by atoms with Crippen molar-refractivity contribution in [3.8, 4) is 0 Å². The monoisotopic (exact) mass is 863 g/mol. The second kappa shape index (κ2) is 17.0. The average Bonchev–Trinajstić information content (AvgIpc) is 2.97. The van der Waals surface area contributed by atoms with E-state index in [1.165, 1.54) is 0 Å². The van der Waals surface area contributed by atoms with Crippen molar-refractivity contribution in [2.45, 2.75) is 0 Å². The number of rotatable bonds is 0. The summed E-state index contributed by atoms with van der Waals surface area (Å²) in [6, 6.07) is 4.10. The summed E-state index contributed by atoms with van der Waals surface area (Å²) in [4.78, 5) is 0. The third-order valence-electron chi connectivity index (χ3n) is 3.96. The Morgan fingerprint density at radius 1 is 0.178 bits per heavy atom. The second-order valence-corrected chi connectivity index (χ2v) is 6.78. The average molecular weight is 863 g/mol. The third kappa shape index (κ3) is 10.1. The van der Waals surface area contributed by atoms with Crippen LogP contribution in [0.1, 0.15) is 0 Å². The summed E-state index contributed by atoms with van der Waals surface area (Å²) in [6.07, 6.45) is 0. The molecule has 0 heterocycles. The molecule has 4 aromatic carbocycles. The molecule has 21 heteroatoms. The standard InChI is InChI=1S/4C6F5.Pt/c4*7-2-1-3(8)5(10)6(11)4(2)9;/q4*-1;+4. The molecule has 246 valence electrons. The van der Waals surface area contributed by atoms with Crippen LogP contribution in [-0.2, 0) is 21.1 Å². The van der Waals surface area contributed by atoms with Crippen molar-refractivity contribution in [1.29, 1.82) is 0 Å². The molecule has 0 aromatic heterocycles. The van der Waals surface area contributed by atoms with Crippen molar-refractivity contribution in [3.05, 3.63) is 141 Å². The van der Waals surface area contributed by atoms with E-state index in [0.717, 1.165) is 24.3 Å². The molecule has 0 bridgehead atoms. The molecule has 0 saturated heterocycles. The van der Waals surface area contributed by atoms with Crippen LogP contribution >= 0.6 is 0 Å². The van der Waals surface area contributed by atoms with Gasteiger partial charge in [0.1, 0.15) is 0 Å². The van der Waals surface area contributed by atoms with E-state index >= 15 is 0 Å². The first-order valence-corrected chi connectivity index (χ1v) is 9.78. The quantitative estimate of drug-likeness (QED) is 0.0719. The molecule has 0 atom stereocenters. The Kier molecular flexibility index (Phi) is 15.6. The van der Waals surface area contributed by atoms with Gasteiger partial charge in [-0.05, 0) is 0 Å². The molecule has 0 spiro atoms. The van der Waals surface area contributed by atoms with Gasteiger partial charge >= 0.3 is 21.1 Å². The van der Waals surface area contributed by atoms with Crippen LogP contribution in [0.2, 0.25) is 0 Å². The van der Waals surface area contributed by atoms with Crippen molar-refractivity contribution in [2.75, 3.05) is 0 Å². The van der Waals surface area contributed by atoms with Crippen LogP contribution in [0, 0.1) is 141 Å². The second-order valence-electron chi connectivity index (χ2n) is 6.78. The Hall–Kier alpha value is -3.83. The van der Waals surface area contributed by atoms with Gasteiger partial charge in [0.2, 0.25) is 0 Å². The Labute approximate surface area is 249 Å². The molecule has 0 aliphatic heterocycles. The van der Waals surface area contributed by atoms with Gasteiger partial charge in [-0.1, -0.05) is 0 Å². The topological polar surface area (TPSA) is 0 Å². The fraction of sp³-hybridized carbons (Fsp3) is 0. The number of benzene rings is 4. The summed E-state index contributed by atoms with van der Waals surface area (Å²) in [7, 11) is 0. The molecule has 0 aliphatic rings. The van der Waals surface area contributed by atoms with Crippen LogP contribution in [0.15, 0.2) is 0 Å². The molecular formula is C24F20Pt. The minimum atomic E-state index is -2.17. The molecule has 4 rings (SSSR count). The van der Waals surface area contributed by atoms with Crippen LogP contribution in [0.5, 0.6) is 0 Å². The van der Waals surface area contributed by atoms with Gasteiger partial charge in [-0.2, -0.15) is 0 Å². The molecule has 0 aliphatic carbocycles. The van der Waals surface area contributed by atoms with Crippen molar-refractivity contribution in [1.82, 2.24) is 0 Å². The van der Waals surface area contributed by atoms with E-state index in [1.807, 2.05) is 0 Å². The molecule has 4 aromatic rings. The van der Waals surface area contributed by atoms with Gasteiger partial charge in [0.25, 0.3) is 0 Å². The van der Waals surface area contributed by atoms with Gasteiger partial charge in [-0.15, -0.1) is 24.3 Å². The zero-order valence-electron chi connectivity index (χ0n) is 19.9. The van der Waals surface area contributed by atoms with Crippen LogP contribution in [0.3, 0.4) is 0 Å². The minimum Gasteiger partial charge on any atom is -0.278 e. The van der Waals surface area contributed by atoms with Gasteiger partial charge in [0.05, 0.1) is 116 Å². The summed E-state index contributed by atoms with van der Waals surface area (Å²) >= 11 is 0. The molecule has 0 N–H and O–H groups in total. The molecule has 45 heavy (non-hydrogen) atoms.